The van der Waals surface area contributed by atoms with Crippen molar-refractivity contribution in [2.24, 2.45) is 28.5 Å². The lowest BCUT2D eigenvalue weighted by molar-refractivity contribution is 0.305. The lowest BCUT2D eigenvalue weighted by Crippen LogP contribution is -2.58. The Kier molecular flexibility index (Phi) is 4.36. The predicted octanol–water partition coefficient (Wildman–Crippen LogP) is 2.68. The molecule has 0 radical (unpaired) electrons. The number of imidazole rings is 1. The Labute approximate surface area is 157 Å². The van der Waals surface area contributed by atoms with E-state index < -0.39 is 5.66 Å². The van der Waals surface area contributed by atoms with Gasteiger partial charge < -0.3 is 16.0 Å². The summed E-state index contributed by atoms with van der Waals surface area (Å²) in [7, 11) is 1.99. The number of hydrogen-bond acceptors (Lipinski definition) is 7. The number of hydrogen-bond donors (Lipinski definition) is 2. The molecular weight excluding hydrogens is 346 g/mol. The highest BCUT2D eigenvalue weighted by Crippen LogP contribution is 2.40. The van der Waals surface area contributed by atoms with Crippen molar-refractivity contribution in [1.82, 2.24) is 9.55 Å². The van der Waals surface area contributed by atoms with Crippen LogP contribution in [0.15, 0.2) is 56.7 Å². The van der Waals surface area contributed by atoms with E-state index in [0.717, 1.165) is 41.4 Å². The molecule has 0 unspecified atom stereocenters. The fourth-order valence-corrected chi connectivity index (χ4v) is 4.52. The topological polar surface area (TPSA) is 97.8 Å². The lowest BCUT2D eigenvalue weighted by atomic mass is 9.87. The maximum absolute atomic E-state index is 6.27. The molecule has 136 valence electrons. The maximum Gasteiger partial charge on any atom is 0.220 e. The van der Waals surface area contributed by atoms with Crippen molar-refractivity contribution in [2.45, 2.75) is 47.8 Å². The zero-order chi connectivity index (χ0) is 18.1. The summed E-state index contributed by atoms with van der Waals surface area (Å²) in [4.78, 5) is 16.5. The minimum Gasteiger partial charge on any atom is -0.369 e. The zero-order valence-corrected chi connectivity index (χ0v) is 15.6. The van der Waals surface area contributed by atoms with Gasteiger partial charge in [-0.2, -0.15) is 4.99 Å². The van der Waals surface area contributed by atoms with E-state index in [1.54, 1.807) is 18.0 Å². The van der Waals surface area contributed by atoms with Crippen molar-refractivity contribution < 1.29 is 0 Å². The Morgan fingerprint density at radius 3 is 2.46 bits per heavy atom. The Morgan fingerprint density at radius 2 is 1.81 bits per heavy atom. The number of aryl methyl sites for hydroxylation is 1. The number of guanidine groups is 2. The zero-order valence-electron chi connectivity index (χ0n) is 14.8. The van der Waals surface area contributed by atoms with Gasteiger partial charge in [-0.1, -0.05) is 18.2 Å². The third-order valence-corrected chi connectivity index (χ3v) is 6.02. The van der Waals surface area contributed by atoms with Gasteiger partial charge in [0, 0.05) is 30.0 Å². The van der Waals surface area contributed by atoms with Gasteiger partial charge in [0.15, 0.2) is 5.16 Å². The first-order valence-corrected chi connectivity index (χ1v) is 9.64. The van der Waals surface area contributed by atoms with Crippen LogP contribution in [0.1, 0.15) is 32.1 Å². The van der Waals surface area contributed by atoms with Crippen LogP contribution in [-0.4, -0.2) is 27.1 Å². The minimum absolute atomic E-state index is 0.280. The Balaban J connectivity index is 1.63. The largest absolute Gasteiger partial charge is 0.369 e. The van der Waals surface area contributed by atoms with Crippen molar-refractivity contribution in [3.63, 3.8) is 0 Å². The average Bonchev–Trinajstić information content (AvgIpc) is 3.01. The number of rotatable bonds is 3. The fraction of sp³-hybridized carbons (Fsp3) is 0.389. The highest BCUT2D eigenvalue weighted by molar-refractivity contribution is 7.99. The number of anilines is 1. The summed E-state index contributed by atoms with van der Waals surface area (Å²) in [5.74, 6) is 0.700. The minimum atomic E-state index is -0.400. The summed E-state index contributed by atoms with van der Waals surface area (Å²) in [5, 5.41) is 0.956. The first kappa shape index (κ1) is 17.0. The Morgan fingerprint density at radius 1 is 1.08 bits per heavy atom. The van der Waals surface area contributed by atoms with Crippen molar-refractivity contribution in [3.05, 3.63) is 36.7 Å². The van der Waals surface area contributed by atoms with E-state index in [1.165, 1.54) is 6.42 Å². The molecule has 1 saturated carbocycles. The lowest BCUT2D eigenvalue weighted by Gasteiger charge is -2.45. The van der Waals surface area contributed by atoms with Gasteiger partial charge in [0.05, 0.1) is 0 Å². The molecule has 1 spiro atoms. The first-order valence-electron chi connectivity index (χ1n) is 8.82. The molecule has 1 aliphatic carbocycles. The second kappa shape index (κ2) is 6.68. The molecule has 4 rings (SSSR count). The summed E-state index contributed by atoms with van der Waals surface area (Å²) >= 11 is 1.63. The number of aliphatic imine (C=N–C) groups is 2. The molecule has 0 atom stereocenters. The van der Waals surface area contributed by atoms with E-state index >= 15 is 0 Å². The first-order chi connectivity index (χ1) is 12.6. The smallest absolute Gasteiger partial charge is 0.220 e. The van der Waals surface area contributed by atoms with Crippen LogP contribution in [0, 0.1) is 0 Å². The standard InChI is InChI=1S/C18H23N7S/c1-24-12-11-21-17(24)26-14-7-5-13(6-8-14)25-16(20)22-15(19)23-18(25)9-3-2-4-10-18/h5-8,11-12H,2-4,9-10H2,1H3,(H4,19,20,22,23). The SMILES string of the molecule is Cn1ccnc1Sc1ccc(N2C(N)=NC(N)=NC23CCCCC3)cc1. The Bertz CT molecular complexity index is 847. The van der Waals surface area contributed by atoms with Crippen LogP contribution in [0.4, 0.5) is 5.69 Å². The van der Waals surface area contributed by atoms with Crippen LogP contribution >= 0.6 is 11.8 Å². The van der Waals surface area contributed by atoms with E-state index in [-0.39, 0.29) is 5.96 Å². The van der Waals surface area contributed by atoms with Gasteiger partial charge in [-0.3, -0.25) is 4.90 Å². The summed E-state index contributed by atoms with van der Waals surface area (Å²) < 4.78 is 2.00. The second-order valence-corrected chi connectivity index (χ2v) is 7.78. The second-order valence-electron chi connectivity index (χ2n) is 6.74. The fourth-order valence-electron chi connectivity index (χ4n) is 3.71. The number of benzene rings is 1. The van der Waals surface area contributed by atoms with Gasteiger partial charge in [-0.15, -0.1) is 0 Å². The van der Waals surface area contributed by atoms with E-state index in [2.05, 4.69) is 39.1 Å². The summed E-state index contributed by atoms with van der Waals surface area (Å²) in [6.07, 6.45) is 9.08. The molecule has 26 heavy (non-hydrogen) atoms. The predicted molar refractivity (Wildman–Crippen MR) is 105 cm³/mol. The van der Waals surface area contributed by atoms with Gasteiger partial charge in [-0.25, -0.2) is 9.98 Å². The monoisotopic (exact) mass is 369 g/mol. The van der Waals surface area contributed by atoms with Crippen LogP contribution in [0.5, 0.6) is 0 Å². The van der Waals surface area contributed by atoms with E-state index in [1.807, 2.05) is 17.8 Å². The molecule has 1 aromatic heterocycles. The van der Waals surface area contributed by atoms with Crippen LogP contribution in [0.25, 0.3) is 0 Å². The van der Waals surface area contributed by atoms with Gasteiger partial charge in [0.1, 0.15) is 5.66 Å². The van der Waals surface area contributed by atoms with Gasteiger partial charge in [0.25, 0.3) is 0 Å². The van der Waals surface area contributed by atoms with Gasteiger partial charge in [-0.05, 0) is 49.9 Å². The highest BCUT2D eigenvalue weighted by Gasteiger charge is 2.42. The summed E-state index contributed by atoms with van der Waals surface area (Å²) in [6, 6.07) is 8.31. The molecule has 1 aliphatic heterocycles. The van der Waals surface area contributed by atoms with E-state index in [4.69, 9.17) is 16.5 Å². The van der Waals surface area contributed by atoms with Crippen molar-refractivity contribution in [2.75, 3.05) is 4.90 Å². The maximum atomic E-state index is 6.27. The quantitative estimate of drug-likeness (QED) is 0.867. The molecule has 2 aliphatic rings. The van der Waals surface area contributed by atoms with Crippen molar-refractivity contribution >= 4 is 29.4 Å². The molecule has 0 bridgehead atoms. The third kappa shape index (κ3) is 3.05. The molecule has 8 heteroatoms. The van der Waals surface area contributed by atoms with Crippen LogP contribution in [0.2, 0.25) is 0 Å². The van der Waals surface area contributed by atoms with Crippen LogP contribution in [0.3, 0.4) is 0 Å². The molecular formula is C18H23N7S. The average molecular weight is 369 g/mol. The highest BCUT2D eigenvalue weighted by atomic mass is 32.2. The molecule has 7 nitrogen and oxygen atoms in total. The molecule has 2 heterocycles. The van der Waals surface area contributed by atoms with Gasteiger partial charge >= 0.3 is 0 Å². The number of aromatic nitrogens is 2. The summed E-state index contributed by atoms with van der Waals surface area (Å²) in [5.41, 5.74) is 12.8. The third-order valence-electron chi connectivity index (χ3n) is 4.93. The van der Waals surface area contributed by atoms with Crippen LogP contribution < -0.4 is 16.4 Å². The van der Waals surface area contributed by atoms with Crippen molar-refractivity contribution in [3.8, 4) is 0 Å². The Hall–Kier alpha value is -2.48. The molecule has 0 saturated heterocycles. The molecule has 0 amide bonds. The van der Waals surface area contributed by atoms with Crippen molar-refractivity contribution in [1.29, 1.82) is 0 Å². The molecule has 1 fully saturated rings. The molecule has 2 aromatic rings. The number of nitrogens with zero attached hydrogens (tertiary/aromatic N) is 5. The molecule has 4 N–H and O–H groups in total. The van der Waals surface area contributed by atoms with Crippen LogP contribution in [-0.2, 0) is 7.05 Å². The number of nitrogens with two attached hydrogens (primary N) is 2. The van der Waals surface area contributed by atoms with E-state index in [0.29, 0.717) is 5.96 Å². The van der Waals surface area contributed by atoms with Gasteiger partial charge in [0.2, 0.25) is 11.9 Å². The normalized spacial score (nSPS) is 19.3. The summed E-state index contributed by atoms with van der Waals surface area (Å²) in [6.45, 7) is 0. The van der Waals surface area contributed by atoms with E-state index in [9.17, 15) is 0 Å². The molecule has 1 aromatic carbocycles.